The first-order valence-corrected chi connectivity index (χ1v) is 4.49. The van der Waals surface area contributed by atoms with Gasteiger partial charge in [-0.3, -0.25) is 4.79 Å². The average Bonchev–Trinajstić information content (AvgIpc) is 2.29. The molecule has 1 N–H and O–H groups in total. The Morgan fingerprint density at radius 1 is 1.67 bits per heavy atom. The molecule has 0 amide bonds. The Kier molecular flexibility index (Phi) is 1.67. The van der Waals surface area contributed by atoms with Gasteiger partial charge in [-0.05, 0) is 35.6 Å². The van der Waals surface area contributed by atoms with Crippen molar-refractivity contribution in [1.29, 1.82) is 0 Å². The lowest BCUT2D eigenvalue weighted by Gasteiger charge is -1.92. The fourth-order valence-electron chi connectivity index (χ4n) is 1.16. The fourth-order valence-corrected chi connectivity index (χ4v) is 2.08. The van der Waals surface area contributed by atoms with E-state index >= 15 is 0 Å². The molecule has 5 heteroatoms. The van der Waals surface area contributed by atoms with Gasteiger partial charge in [0.1, 0.15) is 11.8 Å². The van der Waals surface area contributed by atoms with E-state index in [1.807, 2.05) is 13.0 Å². The molecule has 0 saturated heterocycles. The normalized spacial score (nSPS) is 10.8. The summed E-state index contributed by atoms with van der Waals surface area (Å²) in [5.74, 6) is 0. The lowest BCUT2D eigenvalue weighted by atomic mass is 10.5. The summed E-state index contributed by atoms with van der Waals surface area (Å²) in [7, 11) is 0. The fraction of sp³-hybridized carbons (Fsp3) is 0.143. The molecule has 0 bridgehead atoms. The highest BCUT2D eigenvalue weighted by atomic mass is 127. The number of hydrogen-bond acceptors (Lipinski definition) is 2. The van der Waals surface area contributed by atoms with Gasteiger partial charge in [-0.25, -0.2) is 4.52 Å². The van der Waals surface area contributed by atoms with Crippen LogP contribution in [0.1, 0.15) is 5.69 Å². The number of nitrogens with zero attached hydrogens (tertiary/aromatic N) is 2. The van der Waals surface area contributed by atoms with Crippen molar-refractivity contribution in [2.24, 2.45) is 0 Å². The third-order valence-electron chi connectivity index (χ3n) is 1.69. The van der Waals surface area contributed by atoms with E-state index in [0.29, 0.717) is 5.52 Å². The van der Waals surface area contributed by atoms with Crippen LogP contribution in [0.5, 0.6) is 0 Å². The van der Waals surface area contributed by atoms with Crippen LogP contribution in [0.15, 0.2) is 17.2 Å². The highest BCUT2D eigenvalue weighted by Crippen LogP contribution is 2.12. The Balaban J connectivity index is 3.09. The van der Waals surface area contributed by atoms with E-state index in [1.165, 1.54) is 6.33 Å². The molecule has 0 spiro atoms. The third kappa shape index (κ3) is 0.961. The summed E-state index contributed by atoms with van der Waals surface area (Å²) in [6.07, 6.45) is 1.40. The maximum Gasteiger partial charge on any atom is 0.276 e. The third-order valence-corrected chi connectivity index (χ3v) is 2.51. The second-order valence-electron chi connectivity index (χ2n) is 2.51. The largest absolute Gasteiger partial charge is 0.310 e. The van der Waals surface area contributed by atoms with Crippen molar-refractivity contribution in [3.8, 4) is 0 Å². The van der Waals surface area contributed by atoms with Crippen LogP contribution in [0.2, 0.25) is 0 Å². The van der Waals surface area contributed by atoms with Crippen molar-refractivity contribution in [3.63, 3.8) is 0 Å². The number of fused-ring (bicyclic) bond motifs is 1. The second-order valence-corrected chi connectivity index (χ2v) is 3.67. The summed E-state index contributed by atoms with van der Waals surface area (Å²) in [5, 5.41) is 4.02. The first-order valence-electron chi connectivity index (χ1n) is 3.41. The molecule has 0 unspecified atom stereocenters. The van der Waals surface area contributed by atoms with Crippen LogP contribution in [-0.2, 0) is 0 Å². The van der Waals surface area contributed by atoms with Crippen molar-refractivity contribution < 1.29 is 0 Å². The molecule has 0 aliphatic heterocycles. The standard InChI is InChI=1S/C7H6IN3O/c1-4-2-5(8)6-7(12)9-3-10-11(4)6/h2-3H,1H3,(H,9,10,12). The van der Waals surface area contributed by atoms with Crippen molar-refractivity contribution in [3.05, 3.63) is 32.0 Å². The molecule has 0 fully saturated rings. The number of aromatic amines is 1. The quantitative estimate of drug-likeness (QED) is 0.727. The first kappa shape index (κ1) is 7.78. The Morgan fingerprint density at radius 2 is 2.42 bits per heavy atom. The Bertz CT molecular complexity index is 485. The molecule has 4 nitrogen and oxygen atoms in total. The van der Waals surface area contributed by atoms with E-state index in [1.54, 1.807) is 4.52 Å². The van der Waals surface area contributed by atoms with Crippen LogP contribution in [0, 0.1) is 10.5 Å². The maximum atomic E-state index is 11.3. The van der Waals surface area contributed by atoms with Gasteiger partial charge in [0.2, 0.25) is 0 Å². The maximum absolute atomic E-state index is 11.3. The summed E-state index contributed by atoms with van der Waals surface area (Å²) in [5.41, 5.74) is 1.50. The second kappa shape index (κ2) is 2.58. The number of halogens is 1. The van der Waals surface area contributed by atoms with E-state index in [2.05, 4.69) is 32.7 Å². The first-order chi connectivity index (χ1) is 5.70. The molecule has 0 aromatic carbocycles. The molecular formula is C7H6IN3O. The summed E-state index contributed by atoms with van der Waals surface area (Å²) < 4.78 is 2.57. The molecule has 0 radical (unpaired) electrons. The molecule has 0 saturated carbocycles. The minimum Gasteiger partial charge on any atom is -0.310 e. The molecule has 12 heavy (non-hydrogen) atoms. The SMILES string of the molecule is Cc1cc(I)c2c(=O)[nH]cnn12. The highest BCUT2D eigenvalue weighted by molar-refractivity contribution is 14.1. The van der Waals surface area contributed by atoms with Crippen LogP contribution in [-0.4, -0.2) is 14.6 Å². The smallest absolute Gasteiger partial charge is 0.276 e. The molecule has 2 rings (SSSR count). The van der Waals surface area contributed by atoms with Gasteiger partial charge in [0.15, 0.2) is 0 Å². The van der Waals surface area contributed by atoms with Gasteiger partial charge in [0.05, 0.1) is 0 Å². The number of aromatic nitrogens is 3. The van der Waals surface area contributed by atoms with Crippen molar-refractivity contribution in [1.82, 2.24) is 14.6 Å². The van der Waals surface area contributed by atoms with E-state index in [4.69, 9.17) is 0 Å². The van der Waals surface area contributed by atoms with Crippen LogP contribution in [0.25, 0.3) is 5.52 Å². The number of hydrogen-bond donors (Lipinski definition) is 1. The Hall–Kier alpha value is -0.850. The van der Waals surface area contributed by atoms with Crippen molar-refractivity contribution in [2.75, 3.05) is 0 Å². The molecule has 62 valence electrons. The summed E-state index contributed by atoms with van der Waals surface area (Å²) >= 11 is 2.12. The van der Waals surface area contributed by atoms with Crippen molar-refractivity contribution >= 4 is 28.1 Å². The predicted molar refractivity (Wildman–Crippen MR) is 53.3 cm³/mol. The molecule has 2 aromatic heterocycles. The van der Waals surface area contributed by atoms with E-state index in [0.717, 1.165) is 9.26 Å². The predicted octanol–water partition coefficient (Wildman–Crippen LogP) is 0.936. The Labute approximate surface area is 81.7 Å². The zero-order valence-corrected chi connectivity index (χ0v) is 8.49. The van der Waals surface area contributed by atoms with Crippen LogP contribution in [0.3, 0.4) is 0 Å². The Morgan fingerprint density at radius 3 is 3.08 bits per heavy atom. The monoisotopic (exact) mass is 275 g/mol. The number of aryl methyl sites for hydroxylation is 1. The summed E-state index contributed by atoms with van der Waals surface area (Å²) in [6, 6.07) is 1.93. The lowest BCUT2D eigenvalue weighted by molar-refractivity contribution is 0.859. The molecule has 0 aliphatic carbocycles. The van der Waals surface area contributed by atoms with Crippen LogP contribution in [0.4, 0.5) is 0 Å². The summed E-state index contributed by atoms with van der Waals surface area (Å²) in [6.45, 7) is 1.92. The van der Waals surface area contributed by atoms with E-state index in [9.17, 15) is 4.79 Å². The van der Waals surface area contributed by atoms with Gasteiger partial charge in [-0.15, -0.1) is 0 Å². The van der Waals surface area contributed by atoms with Crippen molar-refractivity contribution in [2.45, 2.75) is 6.92 Å². The average molecular weight is 275 g/mol. The van der Waals surface area contributed by atoms with Crippen LogP contribution < -0.4 is 5.56 Å². The number of rotatable bonds is 0. The van der Waals surface area contributed by atoms with E-state index < -0.39 is 0 Å². The van der Waals surface area contributed by atoms with Gasteiger partial charge in [-0.1, -0.05) is 0 Å². The van der Waals surface area contributed by atoms with Crippen LogP contribution >= 0.6 is 22.6 Å². The number of H-pyrrole nitrogens is 1. The minimum atomic E-state index is -0.0949. The molecule has 0 atom stereocenters. The number of nitrogens with one attached hydrogen (secondary N) is 1. The molecular weight excluding hydrogens is 269 g/mol. The molecule has 2 aromatic rings. The molecule has 2 heterocycles. The van der Waals surface area contributed by atoms with E-state index in [-0.39, 0.29) is 5.56 Å². The minimum absolute atomic E-state index is 0.0949. The zero-order chi connectivity index (χ0) is 8.72. The van der Waals surface area contributed by atoms with Gasteiger partial charge in [0.25, 0.3) is 5.56 Å². The van der Waals surface area contributed by atoms with Gasteiger partial charge in [0, 0.05) is 9.26 Å². The zero-order valence-electron chi connectivity index (χ0n) is 6.34. The van der Waals surface area contributed by atoms with Gasteiger partial charge in [-0.2, -0.15) is 5.10 Å². The van der Waals surface area contributed by atoms with Gasteiger partial charge >= 0.3 is 0 Å². The molecule has 0 aliphatic rings. The summed E-state index contributed by atoms with van der Waals surface area (Å²) in [4.78, 5) is 13.8. The lowest BCUT2D eigenvalue weighted by Crippen LogP contribution is -2.11. The highest BCUT2D eigenvalue weighted by Gasteiger charge is 2.06. The topological polar surface area (TPSA) is 50.2 Å². The van der Waals surface area contributed by atoms with Gasteiger partial charge < -0.3 is 4.98 Å².